The minimum Gasteiger partial charge on any atom is -0.444 e. The van der Waals surface area contributed by atoms with Crippen molar-refractivity contribution < 1.29 is 9.53 Å². The quantitative estimate of drug-likeness (QED) is 0.830. The Morgan fingerprint density at radius 2 is 2.09 bits per heavy atom. The molecule has 118 valence electrons. The highest BCUT2D eigenvalue weighted by molar-refractivity contribution is 6.42. The zero-order chi connectivity index (χ0) is 16.7. The molecule has 0 spiro atoms. The number of rotatable bonds is 1. The van der Waals surface area contributed by atoms with Crippen LogP contribution in [0.15, 0.2) is 41.0 Å². The maximum Gasteiger partial charge on any atom is 0.205 e. The average Bonchev–Trinajstić information content (AvgIpc) is 2.48. The van der Waals surface area contributed by atoms with Crippen molar-refractivity contribution in [3.63, 3.8) is 0 Å². The second-order valence-corrected chi connectivity index (χ2v) is 6.63. The van der Waals surface area contributed by atoms with Gasteiger partial charge in [0.25, 0.3) is 0 Å². The molecule has 2 atom stereocenters. The summed E-state index contributed by atoms with van der Waals surface area (Å²) in [5, 5.41) is 10.2. The zero-order valence-electron chi connectivity index (χ0n) is 12.4. The van der Waals surface area contributed by atoms with Crippen molar-refractivity contribution in [2.75, 3.05) is 0 Å². The third kappa shape index (κ3) is 2.60. The third-order valence-electron chi connectivity index (χ3n) is 4.16. The Morgan fingerprint density at radius 3 is 2.78 bits per heavy atom. The summed E-state index contributed by atoms with van der Waals surface area (Å²) in [6.45, 7) is 1.98. The number of Topliss-reactive ketones (excluding diaryl/α,β-unsaturated/α-hetero) is 1. The molecule has 0 fully saturated rings. The Balaban J connectivity index is 2.24. The molecule has 1 aliphatic carbocycles. The largest absolute Gasteiger partial charge is 0.444 e. The number of ketones is 1. The number of benzene rings is 1. The lowest BCUT2D eigenvalue weighted by atomic mass is 9.75. The molecule has 3 rings (SSSR count). The average molecular weight is 349 g/mol. The Hall–Kier alpha value is -1.96. The topological polar surface area (TPSA) is 76.1 Å². The third-order valence-corrected chi connectivity index (χ3v) is 4.99. The van der Waals surface area contributed by atoms with Crippen molar-refractivity contribution in [3.05, 3.63) is 56.6 Å². The highest BCUT2D eigenvalue weighted by Gasteiger charge is 2.40. The molecule has 0 bridgehead atoms. The van der Waals surface area contributed by atoms with Crippen LogP contribution in [0, 0.1) is 17.2 Å². The molecule has 0 unspecified atom stereocenters. The normalized spacial score (nSPS) is 24.2. The molecular formula is C17H14Cl2N2O2. The predicted molar refractivity (Wildman–Crippen MR) is 87.5 cm³/mol. The molecule has 0 amide bonds. The van der Waals surface area contributed by atoms with Gasteiger partial charge in [-0.05, 0) is 17.5 Å². The first-order valence-corrected chi connectivity index (χ1v) is 7.97. The smallest absolute Gasteiger partial charge is 0.205 e. The van der Waals surface area contributed by atoms with Gasteiger partial charge in [0, 0.05) is 18.4 Å². The van der Waals surface area contributed by atoms with Crippen molar-refractivity contribution in [1.82, 2.24) is 0 Å². The molecule has 2 N–H and O–H groups in total. The summed E-state index contributed by atoms with van der Waals surface area (Å²) in [7, 11) is 0. The van der Waals surface area contributed by atoms with E-state index in [1.54, 1.807) is 18.2 Å². The summed E-state index contributed by atoms with van der Waals surface area (Å²) in [6, 6.07) is 7.21. The van der Waals surface area contributed by atoms with Crippen LogP contribution >= 0.6 is 23.2 Å². The number of nitrogens with two attached hydrogens (primary N) is 1. The Kier molecular flexibility index (Phi) is 4.09. The molecule has 2 aliphatic rings. The van der Waals surface area contributed by atoms with Crippen molar-refractivity contribution in [3.8, 4) is 6.07 Å². The molecule has 0 aromatic heterocycles. The number of nitrogens with zero attached hydrogens (tertiary/aromatic N) is 1. The molecule has 1 aromatic carbocycles. The Labute approximate surface area is 144 Å². The van der Waals surface area contributed by atoms with Crippen LogP contribution in [0.5, 0.6) is 0 Å². The maximum absolute atomic E-state index is 12.6. The van der Waals surface area contributed by atoms with Gasteiger partial charge < -0.3 is 10.5 Å². The second-order valence-electron chi connectivity index (χ2n) is 5.84. The van der Waals surface area contributed by atoms with E-state index in [9.17, 15) is 10.1 Å². The van der Waals surface area contributed by atoms with Gasteiger partial charge in [0.05, 0.1) is 16.0 Å². The van der Waals surface area contributed by atoms with E-state index in [0.717, 1.165) is 0 Å². The molecule has 1 aromatic rings. The Morgan fingerprint density at radius 1 is 1.35 bits per heavy atom. The lowest BCUT2D eigenvalue weighted by Gasteiger charge is -2.33. The fraction of sp³-hybridized carbons (Fsp3) is 0.294. The minimum atomic E-state index is -0.630. The van der Waals surface area contributed by atoms with E-state index >= 15 is 0 Å². The number of hydrogen-bond acceptors (Lipinski definition) is 4. The Bertz CT molecular complexity index is 805. The van der Waals surface area contributed by atoms with E-state index in [-0.39, 0.29) is 23.2 Å². The summed E-state index contributed by atoms with van der Waals surface area (Å²) in [4.78, 5) is 12.6. The molecule has 6 heteroatoms. The van der Waals surface area contributed by atoms with E-state index in [0.29, 0.717) is 39.8 Å². The summed E-state index contributed by atoms with van der Waals surface area (Å²) < 4.78 is 5.57. The van der Waals surface area contributed by atoms with E-state index in [1.165, 1.54) is 0 Å². The van der Waals surface area contributed by atoms with Gasteiger partial charge in [0.15, 0.2) is 5.78 Å². The van der Waals surface area contributed by atoms with Crippen LogP contribution in [0.2, 0.25) is 10.0 Å². The van der Waals surface area contributed by atoms with Gasteiger partial charge in [0.1, 0.15) is 17.4 Å². The van der Waals surface area contributed by atoms with Crippen LogP contribution in [0.25, 0.3) is 0 Å². The lowest BCUT2D eigenvalue weighted by Crippen LogP contribution is -2.29. The van der Waals surface area contributed by atoms with Crippen molar-refractivity contribution in [2.24, 2.45) is 11.7 Å². The first kappa shape index (κ1) is 15.9. The fourth-order valence-electron chi connectivity index (χ4n) is 3.15. The summed E-state index contributed by atoms with van der Waals surface area (Å²) in [6.07, 6.45) is 1.02. The van der Waals surface area contributed by atoms with Crippen LogP contribution < -0.4 is 5.73 Å². The van der Waals surface area contributed by atoms with E-state index < -0.39 is 5.92 Å². The van der Waals surface area contributed by atoms with Crippen LogP contribution in [0.3, 0.4) is 0 Å². The van der Waals surface area contributed by atoms with Crippen molar-refractivity contribution >= 4 is 29.0 Å². The molecule has 4 nitrogen and oxygen atoms in total. The van der Waals surface area contributed by atoms with Crippen LogP contribution in [0.1, 0.15) is 31.2 Å². The number of ether oxygens (including phenoxy) is 1. The van der Waals surface area contributed by atoms with Gasteiger partial charge in [-0.1, -0.05) is 42.3 Å². The zero-order valence-corrected chi connectivity index (χ0v) is 13.9. The van der Waals surface area contributed by atoms with Crippen molar-refractivity contribution in [1.29, 1.82) is 5.26 Å². The molecule has 23 heavy (non-hydrogen) atoms. The van der Waals surface area contributed by atoms with Gasteiger partial charge in [-0.2, -0.15) is 5.26 Å². The molecular weight excluding hydrogens is 335 g/mol. The number of halogens is 2. The van der Waals surface area contributed by atoms with E-state index in [2.05, 4.69) is 6.07 Å². The molecule has 0 saturated carbocycles. The van der Waals surface area contributed by atoms with E-state index in [1.807, 2.05) is 6.92 Å². The van der Waals surface area contributed by atoms with Crippen molar-refractivity contribution in [2.45, 2.75) is 25.7 Å². The van der Waals surface area contributed by atoms with Gasteiger partial charge in [-0.25, -0.2) is 0 Å². The molecule has 0 radical (unpaired) electrons. The van der Waals surface area contributed by atoms with Gasteiger partial charge in [0.2, 0.25) is 5.88 Å². The number of carbonyl (C=O) groups excluding carboxylic acids is 1. The van der Waals surface area contributed by atoms with Gasteiger partial charge in [-0.3, -0.25) is 4.79 Å². The summed E-state index contributed by atoms with van der Waals surface area (Å²) in [5.74, 6) is 0.0589. The van der Waals surface area contributed by atoms with E-state index in [4.69, 9.17) is 33.7 Å². The molecule has 0 saturated heterocycles. The standard InChI is InChI=1S/C17H14Cl2N2O2/c1-8-5-12(22)15-13(6-8)23-17(21)10(7-20)14(15)9-3-2-4-11(18)16(9)19/h2-4,8,14H,5-6,21H2,1H3/t8-,14+/m0/s1. The van der Waals surface area contributed by atoms with Crippen LogP contribution in [-0.2, 0) is 9.53 Å². The highest BCUT2D eigenvalue weighted by Crippen LogP contribution is 2.47. The van der Waals surface area contributed by atoms with Crippen LogP contribution in [-0.4, -0.2) is 5.78 Å². The number of allylic oxidation sites excluding steroid dienone is 3. The number of carbonyl (C=O) groups is 1. The molecule has 1 aliphatic heterocycles. The minimum absolute atomic E-state index is 0.0224. The lowest BCUT2D eigenvalue weighted by molar-refractivity contribution is -0.117. The first-order chi connectivity index (χ1) is 10.9. The van der Waals surface area contributed by atoms with Gasteiger partial charge in [-0.15, -0.1) is 0 Å². The SMILES string of the molecule is C[C@H]1CC(=O)C2=C(C1)OC(N)=C(C#N)[C@H]2c1cccc(Cl)c1Cl. The number of hydrogen-bond donors (Lipinski definition) is 1. The molecule has 1 heterocycles. The number of nitriles is 1. The van der Waals surface area contributed by atoms with Gasteiger partial charge >= 0.3 is 0 Å². The monoisotopic (exact) mass is 348 g/mol. The second kappa shape index (κ2) is 5.92. The summed E-state index contributed by atoms with van der Waals surface area (Å²) in [5.41, 5.74) is 7.17. The first-order valence-electron chi connectivity index (χ1n) is 7.21. The maximum atomic E-state index is 12.6. The fourth-order valence-corrected chi connectivity index (χ4v) is 3.56. The predicted octanol–water partition coefficient (Wildman–Crippen LogP) is 4.05. The highest BCUT2D eigenvalue weighted by atomic mass is 35.5. The summed E-state index contributed by atoms with van der Waals surface area (Å²) >= 11 is 12.4. The van der Waals surface area contributed by atoms with Crippen LogP contribution in [0.4, 0.5) is 0 Å².